The van der Waals surface area contributed by atoms with Crippen molar-refractivity contribution in [2.75, 3.05) is 0 Å². The second kappa shape index (κ2) is 6.35. The van der Waals surface area contributed by atoms with E-state index >= 15 is 0 Å². The molecule has 0 radical (unpaired) electrons. The normalized spacial score (nSPS) is 10.5. The lowest BCUT2D eigenvalue weighted by Gasteiger charge is -2.08. The number of ether oxygens (including phenoxy) is 1. The molecule has 0 unspecified atom stereocenters. The van der Waals surface area contributed by atoms with Crippen LogP contribution in [0.2, 0.25) is 0 Å². The highest BCUT2D eigenvalue weighted by molar-refractivity contribution is 5.63. The molecule has 0 aliphatic carbocycles. The van der Waals surface area contributed by atoms with Crippen LogP contribution in [-0.2, 0) is 6.61 Å². The third-order valence-electron chi connectivity index (χ3n) is 3.21. The first-order valence-corrected chi connectivity index (χ1v) is 6.80. The predicted octanol–water partition coefficient (Wildman–Crippen LogP) is 4.61. The molecule has 0 N–H and O–H groups in total. The summed E-state index contributed by atoms with van der Waals surface area (Å²) in [6.07, 6.45) is 3.20. The van der Waals surface area contributed by atoms with Gasteiger partial charge in [-0.2, -0.15) is 0 Å². The summed E-state index contributed by atoms with van der Waals surface area (Å²) in [5.41, 5.74) is 1.87. The topological polar surface area (TPSA) is 22.1 Å². The minimum atomic E-state index is -0.416. The second-order valence-electron chi connectivity index (χ2n) is 4.78. The summed E-state index contributed by atoms with van der Waals surface area (Å²) in [5, 5.41) is 0. The maximum atomic E-state index is 13.8. The average molecular weight is 297 g/mol. The molecule has 0 fully saturated rings. The Morgan fingerprint density at radius 3 is 2.36 bits per heavy atom. The first-order chi connectivity index (χ1) is 10.7. The molecule has 2 nitrogen and oxygen atoms in total. The van der Waals surface area contributed by atoms with Crippen molar-refractivity contribution in [1.82, 2.24) is 4.98 Å². The number of hydrogen-bond donors (Lipinski definition) is 0. The fourth-order valence-corrected chi connectivity index (χ4v) is 2.13. The molecule has 0 spiro atoms. The van der Waals surface area contributed by atoms with Gasteiger partial charge in [0.2, 0.25) is 0 Å². The number of rotatable bonds is 4. The lowest BCUT2D eigenvalue weighted by Crippen LogP contribution is -1.98. The van der Waals surface area contributed by atoms with Crippen molar-refractivity contribution >= 4 is 0 Å². The van der Waals surface area contributed by atoms with Crippen LogP contribution in [0.4, 0.5) is 8.78 Å². The molecule has 0 bridgehead atoms. The van der Waals surface area contributed by atoms with Gasteiger partial charge in [0.05, 0.1) is 0 Å². The van der Waals surface area contributed by atoms with E-state index in [1.54, 1.807) is 54.9 Å². The van der Waals surface area contributed by atoms with Gasteiger partial charge in [-0.3, -0.25) is 4.98 Å². The van der Waals surface area contributed by atoms with E-state index in [1.165, 1.54) is 12.1 Å². The van der Waals surface area contributed by atoms with Gasteiger partial charge in [-0.25, -0.2) is 8.78 Å². The monoisotopic (exact) mass is 297 g/mol. The highest BCUT2D eigenvalue weighted by Crippen LogP contribution is 2.23. The fraction of sp³-hybridized carbons (Fsp3) is 0.0556. The number of nitrogens with zero attached hydrogens (tertiary/aromatic N) is 1. The Bertz CT molecular complexity index is 789. The number of benzene rings is 2. The lowest BCUT2D eigenvalue weighted by atomic mass is 10.1. The SMILES string of the molecule is Fc1ccccc1OCc1cncc(-c2ccccc2F)c1. The molecule has 0 aliphatic rings. The third-order valence-corrected chi connectivity index (χ3v) is 3.21. The van der Waals surface area contributed by atoms with E-state index in [0.717, 1.165) is 5.56 Å². The third kappa shape index (κ3) is 3.11. The molecule has 1 aromatic heterocycles. The Hall–Kier alpha value is -2.75. The second-order valence-corrected chi connectivity index (χ2v) is 4.78. The summed E-state index contributed by atoms with van der Waals surface area (Å²) in [6, 6.07) is 14.5. The Morgan fingerprint density at radius 1 is 0.864 bits per heavy atom. The highest BCUT2D eigenvalue weighted by Gasteiger charge is 2.07. The van der Waals surface area contributed by atoms with Gasteiger partial charge in [-0.05, 0) is 24.3 Å². The first-order valence-electron chi connectivity index (χ1n) is 6.80. The van der Waals surface area contributed by atoms with Crippen LogP contribution in [0.25, 0.3) is 11.1 Å². The maximum absolute atomic E-state index is 13.8. The van der Waals surface area contributed by atoms with Crippen molar-refractivity contribution in [3.8, 4) is 16.9 Å². The summed E-state index contributed by atoms with van der Waals surface area (Å²) in [6.45, 7) is 0.163. The van der Waals surface area contributed by atoms with Crippen LogP contribution >= 0.6 is 0 Å². The van der Waals surface area contributed by atoms with Crippen LogP contribution in [0, 0.1) is 11.6 Å². The van der Waals surface area contributed by atoms with E-state index in [1.807, 2.05) is 0 Å². The minimum Gasteiger partial charge on any atom is -0.486 e. The molecule has 0 amide bonds. The molecule has 22 heavy (non-hydrogen) atoms. The van der Waals surface area contributed by atoms with Crippen molar-refractivity contribution in [1.29, 1.82) is 0 Å². The molecule has 2 aromatic carbocycles. The summed E-state index contributed by atoms with van der Waals surface area (Å²) in [7, 11) is 0. The zero-order chi connectivity index (χ0) is 15.4. The summed E-state index contributed by atoms with van der Waals surface area (Å²) < 4.78 is 32.7. The van der Waals surface area contributed by atoms with Gasteiger partial charge < -0.3 is 4.74 Å². The zero-order valence-electron chi connectivity index (χ0n) is 11.7. The van der Waals surface area contributed by atoms with E-state index < -0.39 is 5.82 Å². The first kappa shape index (κ1) is 14.2. The smallest absolute Gasteiger partial charge is 0.165 e. The number of aromatic nitrogens is 1. The van der Waals surface area contributed by atoms with Crippen LogP contribution in [0.1, 0.15) is 5.56 Å². The van der Waals surface area contributed by atoms with Crippen molar-refractivity contribution in [2.24, 2.45) is 0 Å². The Kier molecular flexibility index (Phi) is 4.10. The van der Waals surface area contributed by atoms with Gasteiger partial charge in [0.25, 0.3) is 0 Å². The molecule has 0 aliphatic heterocycles. The van der Waals surface area contributed by atoms with E-state index in [9.17, 15) is 8.78 Å². The van der Waals surface area contributed by atoms with Crippen molar-refractivity contribution in [3.05, 3.63) is 84.2 Å². The predicted molar refractivity (Wildman–Crippen MR) is 80.4 cm³/mol. The maximum Gasteiger partial charge on any atom is 0.165 e. The number of halogens is 2. The lowest BCUT2D eigenvalue weighted by molar-refractivity contribution is 0.290. The van der Waals surface area contributed by atoms with Gasteiger partial charge in [0.15, 0.2) is 11.6 Å². The Morgan fingerprint density at radius 2 is 1.59 bits per heavy atom. The number of pyridine rings is 1. The summed E-state index contributed by atoms with van der Waals surface area (Å²) in [5.74, 6) is -0.545. The fourth-order valence-electron chi connectivity index (χ4n) is 2.13. The van der Waals surface area contributed by atoms with Crippen molar-refractivity contribution < 1.29 is 13.5 Å². The molecule has 110 valence electrons. The standard InChI is InChI=1S/C18H13F2NO/c19-16-6-2-1-5-15(16)14-9-13(10-21-11-14)12-22-18-8-4-3-7-17(18)20/h1-11H,12H2. The molecule has 1 heterocycles. The van der Waals surface area contributed by atoms with Crippen LogP contribution in [0.5, 0.6) is 5.75 Å². The Labute approximate surface area is 127 Å². The van der Waals surface area contributed by atoms with Gasteiger partial charge >= 0.3 is 0 Å². The molecule has 0 saturated heterocycles. The van der Waals surface area contributed by atoms with Gasteiger partial charge in [0, 0.05) is 29.1 Å². The molecule has 3 aromatic rings. The molecule has 0 saturated carbocycles. The van der Waals surface area contributed by atoms with Gasteiger partial charge in [-0.15, -0.1) is 0 Å². The largest absolute Gasteiger partial charge is 0.486 e. The number of hydrogen-bond acceptors (Lipinski definition) is 2. The quantitative estimate of drug-likeness (QED) is 0.702. The van der Waals surface area contributed by atoms with Crippen LogP contribution in [-0.4, -0.2) is 4.98 Å². The van der Waals surface area contributed by atoms with Crippen LogP contribution in [0.3, 0.4) is 0 Å². The van der Waals surface area contributed by atoms with Crippen molar-refractivity contribution in [3.63, 3.8) is 0 Å². The van der Waals surface area contributed by atoms with Crippen LogP contribution in [0.15, 0.2) is 67.0 Å². The molecular formula is C18H13F2NO. The molecular weight excluding hydrogens is 284 g/mol. The summed E-state index contributed by atoms with van der Waals surface area (Å²) >= 11 is 0. The van der Waals surface area contributed by atoms with Gasteiger partial charge in [-0.1, -0.05) is 30.3 Å². The molecule has 0 atom stereocenters. The van der Waals surface area contributed by atoms with Gasteiger partial charge in [0.1, 0.15) is 12.4 Å². The molecule has 4 heteroatoms. The Balaban J connectivity index is 1.80. The number of para-hydroxylation sites is 1. The van der Waals surface area contributed by atoms with E-state index in [-0.39, 0.29) is 18.2 Å². The average Bonchev–Trinajstić information content (AvgIpc) is 2.55. The van der Waals surface area contributed by atoms with Crippen LogP contribution < -0.4 is 4.74 Å². The van der Waals surface area contributed by atoms with Crippen molar-refractivity contribution in [2.45, 2.75) is 6.61 Å². The molecule has 3 rings (SSSR count). The minimum absolute atomic E-state index is 0.163. The van der Waals surface area contributed by atoms with E-state index in [2.05, 4.69) is 4.98 Å². The van der Waals surface area contributed by atoms with E-state index in [4.69, 9.17) is 4.74 Å². The van der Waals surface area contributed by atoms with E-state index in [0.29, 0.717) is 11.1 Å². The summed E-state index contributed by atoms with van der Waals surface area (Å²) in [4.78, 5) is 4.10. The zero-order valence-corrected chi connectivity index (χ0v) is 11.7. The highest BCUT2D eigenvalue weighted by atomic mass is 19.1.